The van der Waals surface area contributed by atoms with E-state index in [0.29, 0.717) is 16.0 Å². The van der Waals surface area contributed by atoms with Crippen LogP contribution in [0.15, 0.2) is 30.5 Å². The number of hydrogen-bond acceptors (Lipinski definition) is 8. The van der Waals surface area contributed by atoms with Crippen molar-refractivity contribution in [3.05, 3.63) is 46.3 Å². The van der Waals surface area contributed by atoms with E-state index in [4.69, 9.17) is 11.1 Å². The minimum absolute atomic E-state index is 0.0381. The van der Waals surface area contributed by atoms with Gasteiger partial charge in [-0.1, -0.05) is 22.7 Å². The molecular formula is C14H13N7O2S2. The number of thiazole rings is 2. The van der Waals surface area contributed by atoms with E-state index in [1.54, 1.807) is 18.3 Å². The van der Waals surface area contributed by atoms with E-state index in [-0.39, 0.29) is 11.6 Å². The van der Waals surface area contributed by atoms with E-state index in [1.165, 1.54) is 34.8 Å². The third kappa shape index (κ3) is 3.89. The zero-order chi connectivity index (χ0) is 18.0. The Morgan fingerprint density at radius 3 is 2.64 bits per heavy atom. The molecule has 0 unspecified atom stereocenters. The van der Waals surface area contributed by atoms with Gasteiger partial charge in [-0.25, -0.2) is 9.97 Å². The average molecular weight is 375 g/mol. The molecule has 3 aromatic rings. The molecule has 0 atom stereocenters. The third-order valence-electron chi connectivity index (χ3n) is 3.10. The number of rotatable bonds is 5. The van der Waals surface area contributed by atoms with Gasteiger partial charge in [0.05, 0.1) is 20.4 Å². The lowest BCUT2D eigenvalue weighted by molar-refractivity contribution is -0.384. The maximum Gasteiger partial charge on any atom is 0.269 e. The molecule has 9 nitrogen and oxygen atoms in total. The summed E-state index contributed by atoms with van der Waals surface area (Å²) in [7, 11) is 0. The molecule has 2 heterocycles. The highest BCUT2D eigenvalue weighted by molar-refractivity contribution is 7.25. The molecular weight excluding hydrogens is 362 g/mol. The van der Waals surface area contributed by atoms with Gasteiger partial charge in [0.1, 0.15) is 0 Å². The number of nitrogens with one attached hydrogen (secondary N) is 3. The summed E-state index contributed by atoms with van der Waals surface area (Å²) in [6.45, 7) is 1.88. The van der Waals surface area contributed by atoms with E-state index in [9.17, 15) is 10.1 Å². The number of benzene rings is 1. The zero-order valence-electron chi connectivity index (χ0n) is 12.9. The molecule has 25 heavy (non-hydrogen) atoms. The van der Waals surface area contributed by atoms with Crippen molar-refractivity contribution in [1.29, 1.82) is 5.41 Å². The molecule has 0 amide bonds. The summed E-state index contributed by atoms with van der Waals surface area (Å²) in [5.74, 6) is -0.162. The molecule has 0 saturated heterocycles. The van der Waals surface area contributed by atoms with Crippen molar-refractivity contribution in [3.63, 3.8) is 0 Å². The van der Waals surface area contributed by atoms with Crippen molar-refractivity contribution in [2.75, 3.05) is 10.6 Å². The van der Waals surface area contributed by atoms with E-state index < -0.39 is 4.92 Å². The van der Waals surface area contributed by atoms with Crippen molar-refractivity contribution in [1.82, 2.24) is 9.97 Å². The Morgan fingerprint density at radius 1 is 1.28 bits per heavy atom. The van der Waals surface area contributed by atoms with Gasteiger partial charge in [0.25, 0.3) is 5.69 Å². The van der Waals surface area contributed by atoms with Crippen LogP contribution >= 0.6 is 22.7 Å². The fourth-order valence-electron chi connectivity index (χ4n) is 2.02. The Labute approximate surface area is 150 Å². The van der Waals surface area contributed by atoms with Crippen LogP contribution in [0.4, 0.5) is 21.6 Å². The van der Waals surface area contributed by atoms with Crippen LogP contribution in [0.5, 0.6) is 0 Å². The topological polar surface area (TPSA) is 143 Å². The van der Waals surface area contributed by atoms with Crippen molar-refractivity contribution >= 4 is 50.3 Å². The molecule has 128 valence electrons. The number of nitro groups is 1. The van der Waals surface area contributed by atoms with Crippen LogP contribution in [0.3, 0.4) is 0 Å². The average Bonchev–Trinajstić information content (AvgIpc) is 3.13. The van der Waals surface area contributed by atoms with Gasteiger partial charge in [-0.15, -0.1) is 0 Å². The van der Waals surface area contributed by atoms with Crippen LogP contribution in [0.1, 0.15) is 5.69 Å². The summed E-state index contributed by atoms with van der Waals surface area (Å²) < 4.78 is 0. The van der Waals surface area contributed by atoms with E-state index in [2.05, 4.69) is 20.6 Å². The number of hydrogen-bond donors (Lipinski definition) is 4. The first kappa shape index (κ1) is 16.8. The van der Waals surface area contributed by atoms with Gasteiger partial charge >= 0.3 is 0 Å². The van der Waals surface area contributed by atoms with E-state index in [1.807, 2.05) is 6.92 Å². The fraction of sp³-hybridized carbons (Fsp3) is 0.0714. The highest BCUT2D eigenvalue weighted by atomic mass is 32.1. The van der Waals surface area contributed by atoms with E-state index >= 15 is 0 Å². The van der Waals surface area contributed by atoms with Gasteiger partial charge in [0.2, 0.25) is 0 Å². The number of nitrogens with zero attached hydrogens (tertiary/aromatic N) is 3. The van der Waals surface area contributed by atoms with Gasteiger partial charge in [-0.3, -0.25) is 15.5 Å². The quantitative estimate of drug-likeness (QED) is 0.231. The molecule has 11 heteroatoms. The molecule has 0 saturated carbocycles. The monoisotopic (exact) mass is 375 g/mol. The second-order valence-electron chi connectivity index (χ2n) is 4.93. The second-order valence-corrected chi connectivity index (χ2v) is 6.96. The maximum atomic E-state index is 10.7. The molecule has 0 aliphatic carbocycles. The molecule has 2 aromatic heterocycles. The molecule has 0 fully saturated rings. The Bertz CT molecular complexity index is 933. The molecule has 0 spiro atoms. The zero-order valence-corrected chi connectivity index (χ0v) is 14.6. The number of aryl methyl sites for hydroxylation is 1. The Hall–Kier alpha value is -3.05. The Morgan fingerprint density at radius 2 is 2.00 bits per heavy atom. The number of anilines is 3. The lowest BCUT2D eigenvalue weighted by Gasteiger charge is -2.01. The first-order chi connectivity index (χ1) is 11.9. The van der Waals surface area contributed by atoms with Gasteiger partial charge in [0.15, 0.2) is 16.2 Å². The first-order valence-corrected chi connectivity index (χ1v) is 8.62. The molecule has 0 radical (unpaired) electrons. The van der Waals surface area contributed by atoms with Crippen molar-refractivity contribution in [2.45, 2.75) is 6.92 Å². The largest absolute Gasteiger partial charge is 0.370 e. The van der Waals surface area contributed by atoms with E-state index in [0.717, 1.165) is 15.4 Å². The summed E-state index contributed by atoms with van der Waals surface area (Å²) in [5, 5.41) is 24.9. The predicted octanol–water partition coefficient (Wildman–Crippen LogP) is 3.53. The van der Waals surface area contributed by atoms with Crippen LogP contribution in [-0.4, -0.2) is 20.9 Å². The number of aromatic nitrogens is 2. The van der Waals surface area contributed by atoms with Gasteiger partial charge in [-0.2, -0.15) is 0 Å². The minimum atomic E-state index is -0.440. The van der Waals surface area contributed by atoms with Crippen LogP contribution in [0.25, 0.3) is 9.75 Å². The van der Waals surface area contributed by atoms with Gasteiger partial charge in [-0.05, 0) is 19.1 Å². The molecule has 5 N–H and O–H groups in total. The fourth-order valence-corrected chi connectivity index (χ4v) is 3.98. The highest BCUT2D eigenvalue weighted by Gasteiger charge is 2.14. The van der Waals surface area contributed by atoms with Crippen LogP contribution in [0, 0.1) is 22.4 Å². The van der Waals surface area contributed by atoms with Crippen LogP contribution in [-0.2, 0) is 0 Å². The molecule has 0 aliphatic heterocycles. The normalized spacial score (nSPS) is 10.4. The van der Waals surface area contributed by atoms with Crippen LogP contribution < -0.4 is 16.4 Å². The smallest absolute Gasteiger partial charge is 0.269 e. The standard InChI is InChI=1S/C14H13N7O2S2/c1-7-11(25-14(18-7)20-12(15)16)10-6-17-13(24-10)19-8-2-4-9(5-3-8)21(22)23/h2-6H,1H3,(H,17,19)(H4,15,16,18,20). The summed E-state index contributed by atoms with van der Waals surface area (Å²) in [4.78, 5) is 20.8. The lowest BCUT2D eigenvalue weighted by atomic mass is 10.3. The first-order valence-electron chi connectivity index (χ1n) is 6.98. The van der Waals surface area contributed by atoms with Gasteiger partial charge < -0.3 is 16.4 Å². The number of nitro benzene ring substituents is 1. The summed E-state index contributed by atoms with van der Waals surface area (Å²) in [5.41, 5.74) is 6.89. The molecule has 3 rings (SSSR count). The predicted molar refractivity (Wildman–Crippen MR) is 99.9 cm³/mol. The molecule has 0 bridgehead atoms. The van der Waals surface area contributed by atoms with Crippen LogP contribution in [0.2, 0.25) is 0 Å². The van der Waals surface area contributed by atoms with Gasteiger partial charge in [0, 0.05) is 24.0 Å². The SMILES string of the molecule is Cc1nc(NC(=N)N)sc1-c1cnc(Nc2ccc([N+](=O)[O-])cc2)s1. The number of non-ortho nitro benzene ring substituents is 1. The molecule has 0 aliphatic rings. The number of nitrogens with two attached hydrogens (primary N) is 1. The van der Waals surface area contributed by atoms with Crippen molar-refractivity contribution in [3.8, 4) is 9.75 Å². The lowest BCUT2D eigenvalue weighted by Crippen LogP contribution is -2.20. The summed E-state index contributed by atoms with van der Waals surface area (Å²) in [6.07, 6.45) is 1.73. The summed E-state index contributed by atoms with van der Waals surface area (Å²) >= 11 is 2.83. The second kappa shape index (κ2) is 6.83. The maximum absolute atomic E-state index is 10.7. The summed E-state index contributed by atoms with van der Waals surface area (Å²) in [6, 6.07) is 6.13. The number of guanidine groups is 1. The Kier molecular flexibility index (Phi) is 4.59. The molecule has 1 aromatic carbocycles. The highest BCUT2D eigenvalue weighted by Crippen LogP contribution is 2.38. The third-order valence-corrected chi connectivity index (χ3v) is 5.26. The van der Waals surface area contributed by atoms with Crippen molar-refractivity contribution in [2.24, 2.45) is 5.73 Å². The Balaban J connectivity index is 1.77. The van der Waals surface area contributed by atoms with Crippen molar-refractivity contribution < 1.29 is 4.92 Å². The minimum Gasteiger partial charge on any atom is -0.370 e.